The van der Waals surface area contributed by atoms with Crippen LogP contribution >= 0.6 is 11.3 Å². The molecule has 1 heterocycles. The number of hydrogen-bond acceptors (Lipinski definition) is 5. The van der Waals surface area contributed by atoms with Gasteiger partial charge in [0.1, 0.15) is 12.4 Å². The fourth-order valence-corrected chi connectivity index (χ4v) is 3.14. The molecule has 3 rings (SSSR count). The molecule has 2 N–H and O–H groups in total. The summed E-state index contributed by atoms with van der Waals surface area (Å²) in [6.45, 7) is 3.83. The first kappa shape index (κ1) is 20.3. The van der Waals surface area contributed by atoms with E-state index in [2.05, 4.69) is 15.6 Å². The first-order valence-corrected chi connectivity index (χ1v) is 9.86. The molecule has 0 aliphatic carbocycles. The molecule has 3 aromatic rings. The van der Waals surface area contributed by atoms with Crippen LogP contribution in [0.4, 0.5) is 11.4 Å². The van der Waals surface area contributed by atoms with Gasteiger partial charge in [-0.25, -0.2) is 4.98 Å². The van der Waals surface area contributed by atoms with Gasteiger partial charge in [-0.15, -0.1) is 11.3 Å². The first-order valence-electron chi connectivity index (χ1n) is 8.98. The van der Waals surface area contributed by atoms with E-state index < -0.39 is 0 Å². The molecular weight excluding hydrogens is 386 g/mol. The third-order valence-electron chi connectivity index (χ3n) is 3.81. The topological polar surface area (TPSA) is 80.3 Å². The molecule has 7 heteroatoms. The van der Waals surface area contributed by atoms with E-state index in [9.17, 15) is 9.59 Å². The van der Waals surface area contributed by atoms with Crippen molar-refractivity contribution in [2.24, 2.45) is 0 Å². The maximum Gasteiger partial charge on any atom is 0.248 e. The quantitative estimate of drug-likeness (QED) is 0.559. The van der Waals surface area contributed by atoms with E-state index in [0.717, 1.165) is 22.0 Å². The summed E-state index contributed by atoms with van der Waals surface area (Å²) in [6, 6.07) is 14.4. The van der Waals surface area contributed by atoms with E-state index >= 15 is 0 Å². The van der Waals surface area contributed by atoms with Gasteiger partial charge in [0, 0.05) is 29.8 Å². The number of nitrogens with one attached hydrogen (secondary N) is 2. The summed E-state index contributed by atoms with van der Waals surface area (Å²) in [6.07, 6.45) is 3.18. The van der Waals surface area contributed by atoms with Crippen molar-refractivity contribution in [1.82, 2.24) is 4.98 Å². The minimum atomic E-state index is -0.260. The van der Waals surface area contributed by atoms with Gasteiger partial charge in [0.2, 0.25) is 11.8 Å². The lowest BCUT2D eigenvalue weighted by molar-refractivity contribution is -0.114. The standard InChI is InChI=1S/C22H21N3O3S/c1-15(26)23-18-4-3-5-19(12-18)25-22(27)11-8-17-6-9-21(10-7-17)28-13-20-14-29-16(2)24-20/h3-12,14H,13H2,1-2H3,(H,23,26)(H,25,27)/b11-8+. The maximum atomic E-state index is 12.1. The lowest BCUT2D eigenvalue weighted by Gasteiger charge is -2.06. The molecule has 0 aliphatic rings. The third kappa shape index (κ3) is 6.58. The number of benzene rings is 2. The zero-order valence-electron chi connectivity index (χ0n) is 16.1. The molecule has 0 radical (unpaired) electrons. The van der Waals surface area contributed by atoms with Crippen LogP contribution in [0.15, 0.2) is 60.0 Å². The van der Waals surface area contributed by atoms with E-state index in [1.54, 1.807) is 41.7 Å². The molecule has 2 aromatic carbocycles. The van der Waals surface area contributed by atoms with Crippen LogP contribution in [-0.4, -0.2) is 16.8 Å². The van der Waals surface area contributed by atoms with Crippen molar-refractivity contribution in [2.45, 2.75) is 20.5 Å². The number of nitrogens with zero attached hydrogens (tertiary/aromatic N) is 1. The number of amides is 2. The van der Waals surface area contributed by atoms with Crippen molar-refractivity contribution in [3.8, 4) is 5.75 Å². The summed E-state index contributed by atoms with van der Waals surface area (Å²) in [5.41, 5.74) is 3.02. The summed E-state index contributed by atoms with van der Waals surface area (Å²) >= 11 is 1.60. The van der Waals surface area contributed by atoms with Crippen molar-refractivity contribution >= 4 is 40.6 Å². The van der Waals surface area contributed by atoms with Crippen molar-refractivity contribution in [3.05, 3.63) is 76.3 Å². The number of aromatic nitrogens is 1. The molecule has 29 heavy (non-hydrogen) atoms. The minimum Gasteiger partial charge on any atom is -0.487 e. The van der Waals surface area contributed by atoms with Gasteiger partial charge in [0.15, 0.2) is 0 Å². The average Bonchev–Trinajstić information content (AvgIpc) is 3.10. The predicted molar refractivity (Wildman–Crippen MR) is 116 cm³/mol. The van der Waals surface area contributed by atoms with Gasteiger partial charge in [0.05, 0.1) is 10.7 Å². The van der Waals surface area contributed by atoms with Crippen molar-refractivity contribution in [2.75, 3.05) is 10.6 Å². The van der Waals surface area contributed by atoms with Crippen LogP contribution in [0.3, 0.4) is 0 Å². The highest BCUT2D eigenvalue weighted by Gasteiger charge is 2.02. The van der Waals surface area contributed by atoms with Crippen LogP contribution in [0.1, 0.15) is 23.2 Å². The number of rotatable bonds is 7. The van der Waals surface area contributed by atoms with Gasteiger partial charge in [-0.1, -0.05) is 18.2 Å². The average molecular weight is 407 g/mol. The van der Waals surface area contributed by atoms with Gasteiger partial charge in [0.25, 0.3) is 0 Å². The largest absolute Gasteiger partial charge is 0.487 e. The second-order valence-electron chi connectivity index (χ2n) is 6.30. The molecular formula is C22H21N3O3S. The lowest BCUT2D eigenvalue weighted by atomic mass is 10.2. The van der Waals surface area contributed by atoms with E-state index in [1.807, 2.05) is 36.6 Å². The lowest BCUT2D eigenvalue weighted by Crippen LogP contribution is -2.09. The number of thiazole rings is 1. The Morgan fingerprint density at radius 3 is 2.48 bits per heavy atom. The van der Waals surface area contributed by atoms with Crippen LogP contribution < -0.4 is 15.4 Å². The highest BCUT2D eigenvalue weighted by molar-refractivity contribution is 7.09. The summed E-state index contributed by atoms with van der Waals surface area (Å²) < 4.78 is 5.71. The number of aryl methyl sites for hydroxylation is 1. The second kappa shape index (κ2) is 9.66. The van der Waals surface area contributed by atoms with E-state index in [1.165, 1.54) is 13.0 Å². The molecule has 0 bridgehead atoms. The van der Waals surface area contributed by atoms with Gasteiger partial charge in [-0.05, 0) is 48.9 Å². The van der Waals surface area contributed by atoms with E-state index in [4.69, 9.17) is 4.74 Å². The third-order valence-corrected chi connectivity index (χ3v) is 4.63. The summed E-state index contributed by atoms with van der Waals surface area (Å²) in [7, 11) is 0. The van der Waals surface area contributed by atoms with E-state index in [0.29, 0.717) is 18.0 Å². The minimum absolute atomic E-state index is 0.164. The van der Waals surface area contributed by atoms with Gasteiger partial charge in [-0.2, -0.15) is 0 Å². The molecule has 0 saturated carbocycles. The van der Waals surface area contributed by atoms with Crippen LogP contribution in [0.2, 0.25) is 0 Å². The van der Waals surface area contributed by atoms with Crippen molar-refractivity contribution < 1.29 is 14.3 Å². The SMILES string of the molecule is CC(=O)Nc1cccc(NC(=O)/C=C/c2ccc(OCc3csc(C)n3)cc2)c1. The zero-order valence-corrected chi connectivity index (χ0v) is 17.0. The van der Waals surface area contributed by atoms with Crippen LogP contribution in [0, 0.1) is 6.92 Å². The normalized spacial score (nSPS) is 10.7. The van der Waals surface area contributed by atoms with Gasteiger partial charge >= 0.3 is 0 Å². The number of anilines is 2. The smallest absolute Gasteiger partial charge is 0.248 e. The Kier molecular flexibility index (Phi) is 6.76. The number of carbonyl (C=O) groups is 2. The van der Waals surface area contributed by atoms with Crippen LogP contribution in [0.5, 0.6) is 5.75 Å². The molecule has 2 amide bonds. The monoisotopic (exact) mass is 407 g/mol. The fraction of sp³-hybridized carbons (Fsp3) is 0.136. The Hall–Kier alpha value is -3.45. The molecule has 0 aliphatic heterocycles. The van der Waals surface area contributed by atoms with Crippen molar-refractivity contribution in [1.29, 1.82) is 0 Å². The molecule has 0 unspecified atom stereocenters. The highest BCUT2D eigenvalue weighted by Crippen LogP contribution is 2.17. The predicted octanol–water partition coefficient (Wildman–Crippen LogP) is 4.64. The van der Waals surface area contributed by atoms with Crippen LogP contribution in [-0.2, 0) is 16.2 Å². The summed E-state index contributed by atoms with van der Waals surface area (Å²) in [5.74, 6) is 0.318. The summed E-state index contributed by atoms with van der Waals surface area (Å²) in [4.78, 5) is 27.6. The Morgan fingerprint density at radius 1 is 1.10 bits per heavy atom. The number of ether oxygens (including phenoxy) is 1. The molecule has 0 atom stereocenters. The zero-order chi connectivity index (χ0) is 20.6. The number of carbonyl (C=O) groups excluding carboxylic acids is 2. The molecule has 0 fully saturated rings. The van der Waals surface area contributed by atoms with E-state index in [-0.39, 0.29) is 11.8 Å². The van der Waals surface area contributed by atoms with Gasteiger partial charge < -0.3 is 15.4 Å². The molecule has 0 saturated heterocycles. The number of hydrogen-bond donors (Lipinski definition) is 2. The molecule has 0 spiro atoms. The molecule has 148 valence electrons. The fourth-order valence-electron chi connectivity index (χ4n) is 2.54. The maximum absolute atomic E-state index is 12.1. The Balaban J connectivity index is 1.52. The second-order valence-corrected chi connectivity index (χ2v) is 7.36. The molecule has 1 aromatic heterocycles. The first-order chi connectivity index (χ1) is 14.0. The Bertz CT molecular complexity index is 1030. The highest BCUT2D eigenvalue weighted by atomic mass is 32.1. The van der Waals surface area contributed by atoms with Crippen LogP contribution in [0.25, 0.3) is 6.08 Å². The molecule has 6 nitrogen and oxygen atoms in total. The Labute approximate surface area is 173 Å². The Morgan fingerprint density at radius 2 is 1.83 bits per heavy atom. The van der Waals surface area contributed by atoms with Crippen molar-refractivity contribution in [3.63, 3.8) is 0 Å². The summed E-state index contributed by atoms with van der Waals surface area (Å²) in [5, 5.41) is 8.45. The van der Waals surface area contributed by atoms with Gasteiger partial charge in [-0.3, -0.25) is 9.59 Å².